The molecule has 0 bridgehead atoms. The van der Waals surface area contributed by atoms with Gasteiger partial charge in [0.05, 0.1) is 17.1 Å². The SMILES string of the molecule is N=C(N)N1CCCC1c1nc2ccc(OC(F)(F)F)cc2[nH]1. The van der Waals surface area contributed by atoms with E-state index in [1.165, 1.54) is 18.2 Å². The second-order valence-electron chi connectivity index (χ2n) is 5.09. The Labute approximate surface area is 123 Å². The van der Waals surface area contributed by atoms with Crippen LogP contribution in [0.15, 0.2) is 18.2 Å². The molecule has 1 aromatic carbocycles. The number of alkyl halides is 3. The first-order valence-corrected chi connectivity index (χ1v) is 6.69. The van der Waals surface area contributed by atoms with Crippen molar-refractivity contribution < 1.29 is 17.9 Å². The molecule has 4 N–H and O–H groups in total. The van der Waals surface area contributed by atoms with Crippen LogP contribution in [0, 0.1) is 5.41 Å². The summed E-state index contributed by atoms with van der Waals surface area (Å²) in [5.74, 6) is 0.251. The number of halogens is 3. The van der Waals surface area contributed by atoms with E-state index in [-0.39, 0.29) is 17.8 Å². The minimum absolute atomic E-state index is 0.0379. The number of hydrogen-bond acceptors (Lipinski definition) is 3. The van der Waals surface area contributed by atoms with Crippen molar-refractivity contribution in [1.29, 1.82) is 5.41 Å². The van der Waals surface area contributed by atoms with Crippen LogP contribution < -0.4 is 10.5 Å². The number of rotatable bonds is 2. The zero-order valence-electron chi connectivity index (χ0n) is 11.4. The molecule has 1 unspecified atom stereocenters. The first-order chi connectivity index (χ1) is 10.3. The van der Waals surface area contributed by atoms with E-state index in [0.717, 1.165) is 12.8 Å². The molecule has 1 aliphatic heterocycles. The number of imidazole rings is 1. The van der Waals surface area contributed by atoms with Gasteiger partial charge in [0.1, 0.15) is 11.6 Å². The molecule has 0 amide bonds. The molecule has 0 saturated carbocycles. The summed E-state index contributed by atoms with van der Waals surface area (Å²) in [4.78, 5) is 9.09. The first-order valence-electron chi connectivity index (χ1n) is 6.69. The molecule has 2 aromatic rings. The van der Waals surface area contributed by atoms with Gasteiger partial charge < -0.3 is 20.4 Å². The Morgan fingerprint density at radius 2 is 2.23 bits per heavy atom. The molecule has 2 heterocycles. The predicted molar refractivity (Wildman–Crippen MR) is 73.4 cm³/mol. The quantitative estimate of drug-likeness (QED) is 0.587. The molecule has 3 rings (SSSR count). The van der Waals surface area contributed by atoms with Gasteiger partial charge in [-0.2, -0.15) is 0 Å². The van der Waals surface area contributed by atoms with Gasteiger partial charge in [0.15, 0.2) is 5.96 Å². The van der Waals surface area contributed by atoms with Gasteiger partial charge in [-0.15, -0.1) is 13.2 Å². The molecule has 1 aliphatic rings. The molecular weight excluding hydrogens is 299 g/mol. The van der Waals surface area contributed by atoms with E-state index >= 15 is 0 Å². The maximum absolute atomic E-state index is 12.2. The standard InChI is InChI=1S/C13H14F3N5O/c14-13(15,16)22-7-3-4-8-9(6-7)20-11(19-8)10-2-1-5-21(10)12(17)18/h3-4,6,10H,1-2,5H2,(H3,17,18)(H,19,20). The van der Waals surface area contributed by atoms with Gasteiger partial charge in [0, 0.05) is 12.6 Å². The summed E-state index contributed by atoms with van der Waals surface area (Å²) in [6.07, 6.45) is -3.07. The van der Waals surface area contributed by atoms with Crippen LogP contribution in [0.4, 0.5) is 13.2 Å². The van der Waals surface area contributed by atoms with Crippen LogP contribution in [-0.2, 0) is 0 Å². The molecule has 1 aromatic heterocycles. The number of nitrogens with one attached hydrogen (secondary N) is 2. The van der Waals surface area contributed by atoms with Gasteiger partial charge in [0.25, 0.3) is 0 Å². The average Bonchev–Trinajstić information content (AvgIpc) is 3.01. The Morgan fingerprint density at radius 3 is 2.91 bits per heavy atom. The normalized spacial score (nSPS) is 18.9. The molecule has 0 spiro atoms. The smallest absolute Gasteiger partial charge is 0.406 e. The highest BCUT2D eigenvalue weighted by Crippen LogP contribution is 2.32. The van der Waals surface area contributed by atoms with Crippen molar-refractivity contribution in [1.82, 2.24) is 14.9 Å². The van der Waals surface area contributed by atoms with Crippen molar-refractivity contribution >= 4 is 17.0 Å². The second kappa shape index (κ2) is 5.08. The maximum Gasteiger partial charge on any atom is 0.573 e. The lowest BCUT2D eigenvalue weighted by molar-refractivity contribution is -0.274. The molecule has 1 atom stereocenters. The second-order valence-corrected chi connectivity index (χ2v) is 5.09. The van der Waals surface area contributed by atoms with E-state index in [0.29, 0.717) is 23.4 Å². The highest BCUT2D eigenvalue weighted by Gasteiger charge is 2.32. The lowest BCUT2D eigenvalue weighted by Crippen LogP contribution is -2.36. The fraction of sp³-hybridized carbons (Fsp3) is 0.385. The Hall–Kier alpha value is -2.45. The van der Waals surface area contributed by atoms with E-state index in [4.69, 9.17) is 11.1 Å². The third-order valence-corrected chi connectivity index (χ3v) is 3.58. The fourth-order valence-electron chi connectivity index (χ4n) is 2.70. The van der Waals surface area contributed by atoms with Crippen molar-refractivity contribution in [3.05, 3.63) is 24.0 Å². The van der Waals surface area contributed by atoms with Gasteiger partial charge in [-0.1, -0.05) is 0 Å². The summed E-state index contributed by atoms with van der Waals surface area (Å²) in [5.41, 5.74) is 6.53. The molecular formula is C13H14F3N5O. The van der Waals surface area contributed by atoms with Gasteiger partial charge in [-0.3, -0.25) is 5.41 Å². The van der Waals surface area contributed by atoms with Gasteiger partial charge in [-0.25, -0.2) is 4.98 Å². The zero-order chi connectivity index (χ0) is 15.9. The lowest BCUT2D eigenvalue weighted by Gasteiger charge is -2.22. The fourth-order valence-corrected chi connectivity index (χ4v) is 2.70. The van der Waals surface area contributed by atoms with Crippen LogP contribution in [-0.4, -0.2) is 33.7 Å². The Balaban J connectivity index is 1.91. The summed E-state index contributed by atoms with van der Waals surface area (Å²) in [6, 6.07) is 3.78. The average molecular weight is 313 g/mol. The Kier molecular flexibility index (Phi) is 3.34. The van der Waals surface area contributed by atoms with Gasteiger partial charge >= 0.3 is 6.36 Å². The number of fused-ring (bicyclic) bond motifs is 1. The molecule has 0 radical (unpaired) electrons. The van der Waals surface area contributed by atoms with E-state index in [9.17, 15) is 13.2 Å². The third kappa shape index (κ3) is 2.78. The highest BCUT2D eigenvalue weighted by molar-refractivity contribution is 5.78. The van der Waals surface area contributed by atoms with Gasteiger partial charge in [0.2, 0.25) is 0 Å². The molecule has 22 heavy (non-hydrogen) atoms. The van der Waals surface area contributed by atoms with E-state index in [1.807, 2.05) is 0 Å². The van der Waals surface area contributed by atoms with E-state index < -0.39 is 6.36 Å². The molecule has 118 valence electrons. The maximum atomic E-state index is 12.2. The molecule has 0 aliphatic carbocycles. The van der Waals surface area contributed by atoms with Crippen molar-refractivity contribution in [2.24, 2.45) is 5.73 Å². The number of nitrogens with two attached hydrogens (primary N) is 1. The molecule has 1 saturated heterocycles. The predicted octanol–water partition coefficient (Wildman–Crippen LogP) is 2.49. The van der Waals surface area contributed by atoms with Crippen LogP contribution in [0.5, 0.6) is 5.75 Å². The van der Waals surface area contributed by atoms with Crippen LogP contribution in [0.2, 0.25) is 0 Å². The summed E-state index contributed by atoms with van der Waals surface area (Å²) >= 11 is 0. The summed E-state index contributed by atoms with van der Waals surface area (Å²) in [5, 5.41) is 7.56. The number of nitrogens with zero attached hydrogens (tertiary/aromatic N) is 2. The summed E-state index contributed by atoms with van der Waals surface area (Å²) in [7, 11) is 0. The minimum atomic E-state index is -4.73. The highest BCUT2D eigenvalue weighted by atomic mass is 19.4. The lowest BCUT2D eigenvalue weighted by atomic mass is 10.2. The number of H-pyrrole nitrogens is 1. The van der Waals surface area contributed by atoms with Crippen molar-refractivity contribution in [3.63, 3.8) is 0 Å². The third-order valence-electron chi connectivity index (χ3n) is 3.58. The summed E-state index contributed by atoms with van der Waals surface area (Å²) < 4.78 is 40.6. The van der Waals surface area contributed by atoms with Crippen LogP contribution >= 0.6 is 0 Å². The number of likely N-dealkylation sites (tertiary alicyclic amines) is 1. The van der Waals surface area contributed by atoms with Crippen LogP contribution in [0.25, 0.3) is 11.0 Å². The summed E-state index contributed by atoms with van der Waals surface area (Å²) in [6.45, 7) is 0.666. The van der Waals surface area contributed by atoms with E-state index in [2.05, 4.69) is 14.7 Å². The minimum Gasteiger partial charge on any atom is -0.406 e. The van der Waals surface area contributed by atoms with Crippen LogP contribution in [0.1, 0.15) is 24.7 Å². The number of hydrogen-bond donors (Lipinski definition) is 3. The number of guanidine groups is 1. The first kappa shape index (κ1) is 14.5. The van der Waals surface area contributed by atoms with Crippen molar-refractivity contribution in [3.8, 4) is 5.75 Å². The number of benzene rings is 1. The largest absolute Gasteiger partial charge is 0.573 e. The number of aromatic amines is 1. The topological polar surface area (TPSA) is 91.0 Å². The number of aromatic nitrogens is 2. The Bertz CT molecular complexity index is 711. The van der Waals surface area contributed by atoms with Crippen molar-refractivity contribution in [2.45, 2.75) is 25.2 Å². The van der Waals surface area contributed by atoms with Gasteiger partial charge in [-0.05, 0) is 25.0 Å². The monoisotopic (exact) mass is 313 g/mol. The van der Waals surface area contributed by atoms with E-state index in [1.54, 1.807) is 4.90 Å². The van der Waals surface area contributed by atoms with Crippen molar-refractivity contribution in [2.75, 3.05) is 6.54 Å². The zero-order valence-corrected chi connectivity index (χ0v) is 11.4. The molecule has 9 heteroatoms. The Morgan fingerprint density at radius 1 is 1.45 bits per heavy atom. The molecule has 1 fully saturated rings. The van der Waals surface area contributed by atoms with Crippen LogP contribution in [0.3, 0.4) is 0 Å². The number of ether oxygens (including phenoxy) is 1. The molecule has 6 nitrogen and oxygen atoms in total.